The summed E-state index contributed by atoms with van der Waals surface area (Å²) in [4.78, 5) is 22.0. The van der Waals surface area contributed by atoms with Gasteiger partial charge in [-0.05, 0) is 47.0 Å². The second-order valence-electron chi connectivity index (χ2n) is 6.00. The number of ether oxygens (including phenoxy) is 1. The average molecular weight is 465 g/mol. The lowest BCUT2D eigenvalue weighted by Gasteiger charge is -2.32. The maximum atomic E-state index is 12.7. The van der Waals surface area contributed by atoms with E-state index in [-0.39, 0.29) is 22.7 Å². The van der Waals surface area contributed by atoms with Crippen LogP contribution in [0.25, 0.3) is 0 Å². The van der Waals surface area contributed by atoms with Gasteiger partial charge in [0.05, 0.1) is 16.5 Å². The third-order valence-electron chi connectivity index (χ3n) is 4.21. The number of halogens is 5. The molecule has 0 bridgehead atoms. The number of carbonyl (C=O) groups is 1. The summed E-state index contributed by atoms with van der Waals surface area (Å²) in [6.07, 6.45) is -1.19. The van der Waals surface area contributed by atoms with Gasteiger partial charge in [-0.25, -0.2) is 9.97 Å². The molecule has 1 fully saturated rings. The van der Waals surface area contributed by atoms with E-state index in [1.807, 2.05) is 0 Å². The molecule has 0 aromatic carbocycles. The first kappa shape index (κ1) is 19.9. The van der Waals surface area contributed by atoms with E-state index in [1.165, 1.54) is 0 Å². The molecule has 0 saturated carbocycles. The fourth-order valence-electron chi connectivity index (χ4n) is 2.78. The van der Waals surface area contributed by atoms with E-state index in [2.05, 4.69) is 25.9 Å². The molecule has 0 atom stereocenters. The van der Waals surface area contributed by atoms with E-state index < -0.39 is 11.7 Å². The predicted octanol–water partition coefficient (Wildman–Crippen LogP) is 4.73. The van der Waals surface area contributed by atoms with Crippen molar-refractivity contribution in [3.63, 3.8) is 0 Å². The van der Waals surface area contributed by atoms with Crippen LogP contribution in [0.3, 0.4) is 0 Å². The van der Waals surface area contributed by atoms with Gasteiger partial charge < -0.3 is 9.64 Å². The van der Waals surface area contributed by atoms with Crippen molar-refractivity contribution < 1.29 is 22.7 Å². The first-order valence-electron chi connectivity index (χ1n) is 8.05. The fourth-order valence-corrected chi connectivity index (χ4v) is 3.40. The number of pyridine rings is 2. The minimum absolute atomic E-state index is 0.0647. The SMILES string of the molecule is O=C(Oc1cccnc1Br)C1CCN(c2ncc(C(F)(F)F)cc2Cl)CC1. The number of aromatic nitrogens is 2. The van der Waals surface area contributed by atoms with Gasteiger partial charge in [-0.1, -0.05) is 11.6 Å². The van der Waals surface area contributed by atoms with Gasteiger partial charge in [-0.3, -0.25) is 4.79 Å². The Morgan fingerprint density at radius 1 is 1.30 bits per heavy atom. The largest absolute Gasteiger partial charge is 0.423 e. The average Bonchev–Trinajstić information content (AvgIpc) is 2.63. The molecule has 0 N–H and O–H groups in total. The Labute approximate surface area is 166 Å². The van der Waals surface area contributed by atoms with Crippen LogP contribution in [0.5, 0.6) is 5.75 Å². The van der Waals surface area contributed by atoms with Gasteiger partial charge in [0, 0.05) is 25.5 Å². The number of hydrogen-bond donors (Lipinski definition) is 0. The third-order valence-corrected chi connectivity index (χ3v) is 5.09. The van der Waals surface area contributed by atoms with Gasteiger partial charge in [0.15, 0.2) is 5.75 Å². The Morgan fingerprint density at radius 2 is 2.00 bits per heavy atom. The topological polar surface area (TPSA) is 55.3 Å². The number of carbonyl (C=O) groups excluding carboxylic acids is 1. The van der Waals surface area contributed by atoms with Crippen molar-refractivity contribution in [1.82, 2.24) is 9.97 Å². The van der Waals surface area contributed by atoms with E-state index in [9.17, 15) is 18.0 Å². The minimum atomic E-state index is -4.49. The van der Waals surface area contributed by atoms with Gasteiger partial charge in [-0.15, -0.1) is 0 Å². The Hall–Kier alpha value is -1.87. The molecule has 3 rings (SSSR count). The molecule has 1 saturated heterocycles. The normalized spacial score (nSPS) is 15.7. The highest BCUT2D eigenvalue weighted by molar-refractivity contribution is 9.10. The molecule has 0 spiro atoms. The Balaban J connectivity index is 1.62. The number of rotatable bonds is 3. The first-order valence-corrected chi connectivity index (χ1v) is 9.22. The van der Waals surface area contributed by atoms with Crippen LogP contribution in [0.15, 0.2) is 35.2 Å². The number of anilines is 1. The van der Waals surface area contributed by atoms with Crippen molar-refractivity contribution in [2.45, 2.75) is 19.0 Å². The monoisotopic (exact) mass is 463 g/mol. The Bertz CT molecular complexity index is 842. The highest BCUT2D eigenvalue weighted by atomic mass is 79.9. The summed E-state index contributed by atoms with van der Waals surface area (Å²) in [5.41, 5.74) is -0.892. The lowest BCUT2D eigenvalue weighted by atomic mass is 9.97. The summed E-state index contributed by atoms with van der Waals surface area (Å²) >= 11 is 9.20. The van der Waals surface area contributed by atoms with E-state index >= 15 is 0 Å². The molecular weight excluding hydrogens is 451 g/mol. The molecule has 2 aromatic heterocycles. The number of hydrogen-bond acceptors (Lipinski definition) is 5. The second-order valence-corrected chi connectivity index (χ2v) is 7.16. The molecule has 1 aliphatic rings. The molecule has 2 aromatic rings. The quantitative estimate of drug-likeness (QED) is 0.485. The molecule has 27 heavy (non-hydrogen) atoms. The number of esters is 1. The number of piperidine rings is 1. The molecule has 3 heterocycles. The molecule has 10 heteroatoms. The van der Waals surface area contributed by atoms with Crippen LogP contribution in [-0.2, 0) is 11.0 Å². The summed E-state index contributed by atoms with van der Waals surface area (Å²) in [7, 11) is 0. The van der Waals surface area contributed by atoms with Crippen molar-refractivity contribution in [1.29, 1.82) is 0 Å². The maximum absolute atomic E-state index is 12.7. The van der Waals surface area contributed by atoms with Crippen molar-refractivity contribution in [3.8, 4) is 5.75 Å². The zero-order valence-electron chi connectivity index (χ0n) is 13.8. The van der Waals surface area contributed by atoms with Crippen LogP contribution in [0.4, 0.5) is 19.0 Å². The van der Waals surface area contributed by atoms with Gasteiger partial charge in [0.2, 0.25) is 0 Å². The van der Waals surface area contributed by atoms with Crippen LogP contribution in [0.1, 0.15) is 18.4 Å². The standard InChI is InChI=1S/C17H14BrClF3N3O2/c18-14-13(2-1-5-23-14)27-16(26)10-3-6-25(7-4-10)15-12(19)8-11(9-24-15)17(20,21)22/h1-2,5,8-10H,3-4,6-7H2. The van der Waals surface area contributed by atoms with Crippen LogP contribution < -0.4 is 9.64 Å². The summed E-state index contributed by atoms with van der Waals surface area (Å²) in [6.45, 7) is 0.873. The molecule has 0 aliphatic carbocycles. The van der Waals surface area contributed by atoms with Crippen LogP contribution in [0, 0.1) is 5.92 Å². The van der Waals surface area contributed by atoms with Gasteiger partial charge in [0.1, 0.15) is 10.4 Å². The lowest BCUT2D eigenvalue weighted by Crippen LogP contribution is -2.38. The summed E-state index contributed by atoms with van der Waals surface area (Å²) < 4.78 is 44.0. The van der Waals surface area contributed by atoms with Crippen LogP contribution in [-0.4, -0.2) is 29.0 Å². The smallest absolute Gasteiger partial charge is 0.417 e. The van der Waals surface area contributed by atoms with Crippen molar-refractivity contribution >= 4 is 39.3 Å². The molecule has 5 nitrogen and oxygen atoms in total. The van der Waals surface area contributed by atoms with E-state index in [0.29, 0.717) is 36.3 Å². The summed E-state index contributed by atoms with van der Waals surface area (Å²) in [6, 6.07) is 4.16. The predicted molar refractivity (Wildman–Crippen MR) is 96.8 cm³/mol. The fraction of sp³-hybridized carbons (Fsp3) is 0.353. The van der Waals surface area contributed by atoms with Gasteiger partial charge >= 0.3 is 12.1 Å². The van der Waals surface area contributed by atoms with E-state index in [0.717, 1.165) is 12.3 Å². The highest BCUT2D eigenvalue weighted by Gasteiger charge is 2.33. The Kier molecular flexibility index (Phi) is 5.90. The minimum Gasteiger partial charge on any atom is -0.423 e. The number of nitrogens with zero attached hydrogens (tertiary/aromatic N) is 3. The second kappa shape index (κ2) is 8.02. The molecule has 1 aliphatic heterocycles. The summed E-state index contributed by atoms with van der Waals surface area (Å²) in [5.74, 6) is -0.0553. The van der Waals surface area contributed by atoms with Crippen LogP contribution >= 0.6 is 27.5 Å². The molecule has 0 radical (unpaired) electrons. The van der Waals surface area contributed by atoms with E-state index in [4.69, 9.17) is 16.3 Å². The van der Waals surface area contributed by atoms with Crippen molar-refractivity contribution in [2.75, 3.05) is 18.0 Å². The van der Waals surface area contributed by atoms with Crippen LogP contribution in [0.2, 0.25) is 5.02 Å². The van der Waals surface area contributed by atoms with Gasteiger partial charge in [-0.2, -0.15) is 13.2 Å². The molecule has 0 amide bonds. The lowest BCUT2D eigenvalue weighted by molar-refractivity contribution is -0.140. The number of alkyl halides is 3. The summed E-state index contributed by atoms with van der Waals surface area (Å²) in [5, 5.41) is -0.0647. The van der Waals surface area contributed by atoms with Crippen molar-refractivity contribution in [2.24, 2.45) is 5.92 Å². The van der Waals surface area contributed by atoms with Crippen molar-refractivity contribution in [3.05, 3.63) is 45.8 Å². The van der Waals surface area contributed by atoms with Gasteiger partial charge in [0.25, 0.3) is 0 Å². The maximum Gasteiger partial charge on any atom is 0.417 e. The zero-order chi connectivity index (χ0) is 19.6. The molecule has 144 valence electrons. The molecule has 0 unspecified atom stereocenters. The molecular formula is C17H14BrClF3N3O2. The Morgan fingerprint density at radius 3 is 2.59 bits per heavy atom. The zero-order valence-corrected chi connectivity index (χ0v) is 16.2. The first-order chi connectivity index (χ1) is 12.8. The highest BCUT2D eigenvalue weighted by Crippen LogP contribution is 2.35. The van der Waals surface area contributed by atoms with E-state index in [1.54, 1.807) is 23.2 Å². The third kappa shape index (κ3) is 4.70.